The highest BCUT2D eigenvalue weighted by Crippen LogP contribution is 2.33. The Labute approximate surface area is 159 Å². The van der Waals surface area contributed by atoms with E-state index in [1.807, 2.05) is 0 Å². The zero-order valence-electron chi connectivity index (χ0n) is 15.8. The molecule has 1 saturated heterocycles. The Morgan fingerprint density at radius 2 is 2.15 bits per heavy atom. The van der Waals surface area contributed by atoms with Crippen LogP contribution in [0.3, 0.4) is 0 Å². The second kappa shape index (κ2) is 7.47. The average Bonchev–Trinajstić information content (AvgIpc) is 2.60. The van der Waals surface area contributed by atoms with Gasteiger partial charge in [-0.05, 0) is 37.3 Å². The molecule has 148 valence electrons. The SMILES string of the molecule is Cc1cc2c(cc1S(=O)(=O)N(C)CC(=O)N1CCC[C@@H](C)C1)OCC(=O)N2. The van der Waals surface area contributed by atoms with E-state index in [4.69, 9.17) is 4.74 Å². The van der Waals surface area contributed by atoms with Crippen molar-refractivity contribution in [3.63, 3.8) is 0 Å². The fraction of sp³-hybridized carbons (Fsp3) is 0.556. The van der Waals surface area contributed by atoms with Crippen molar-refractivity contribution >= 4 is 27.5 Å². The highest BCUT2D eigenvalue weighted by Gasteiger charge is 2.30. The second-order valence-electron chi connectivity index (χ2n) is 7.30. The Morgan fingerprint density at radius 3 is 2.85 bits per heavy atom. The summed E-state index contributed by atoms with van der Waals surface area (Å²) in [6.45, 7) is 4.71. The van der Waals surface area contributed by atoms with Crippen LogP contribution in [-0.2, 0) is 19.6 Å². The van der Waals surface area contributed by atoms with Gasteiger partial charge in [0, 0.05) is 26.2 Å². The van der Waals surface area contributed by atoms with Gasteiger partial charge < -0.3 is 15.0 Å². The average molecular weight is 395 g/mol. The number of carbonyl (C=O) groups is 2. The Bertz CT molecular complexity index is 868. The molecule has 0 saturated carbocycles. The highest BCUT2D eigenvalue weighted by atomic mass is 32.2. The molecule has 0 aliphatic carbocycles. The standard InChI is InChI=1S/C18H25N3O5S/c1-12-5-4-6-21(9-12)18(23)10-20(3)27(24,25)16-8-15-14(7-13(16)2)19-17(22)11-26-15/h7-8,12H,4-6,9-11H2,1-3H3,(H,19,22)/t12-/m1/s1. The molecule has 2 amide bonds. The lowest BCUT2D eigenvalue weighted by Gasteiger charge is -2.32. The third-order valence-corrected chi connectivity index (χ3v) is 6.91. The van der Waals surface area contributed by atoms with Gasteiger partial charge in [-0.25, -0.2) is 8.42 Å². The molecule has 8 nitrogen and oxygen atoms in total. The van der Waals surface area contributed by atoms with Crippen molar-refractivity contribution in [2.75, 3.05) is 38.6 Å². The van der Waals surface area contributed by atoms with Gasteiger partial charge in [-0.2, -0.15) is 4.31 Å². The first-order valence-electron chi connectivity index (χ1n) is 9.00. The van der Waals surface area contributed by atoms with E-state index in [0.29, 0.717) is 36.0 Å². The maximum absolute atomic E-state index is 13.0. The Morgan fingerprint density at radius 1 is 1.41 bits per heavy atom. The summed E-state index contributed by atoms with van der Waals surface area (Å²) >= 11 is 0. The van der Waals surface area contributed by atoms with Crippen LogP contribution in [0.4, 0.5) is 5.69 Å². The van der Waals surface area contributed by atoms with Gasteiger partial charge in [0.05, 0.1) is 17.1 Å². The lowest BCUT2D eigenvalue weighted by molar-refractivity contribution is -0.132. The quantitative estimate of drug-likeness (QED) is 0.827. The Balaban J connectivity index is 1.79. The van der Waals surface area contributed by atoms with Gasteiger partial charge in [0.1, 0.15) is 5.75 Å². The molecule has 1 aromatic carbocycles. The van der Waals surface area contributed by atoms with Crippen molar-refractivity contribution in [2.24, 2.45) is 5.92 Å². The first-order chi connectivity index (χ1) is 12.7. The van der Waals surface area contributed by atoms with Gasteiger partial charge in [0.25, 0.3) is 5.91 Å². The number of benzene rings is 1. The van der Waals surface area contributed by atoms with Crippen molar-refractivity contribution in [3.8, 4) is 5.75 Å². The number of likely N-dealkylation sites (N-methyl/N-ethyl adjacent to an activating group) is 1. The van der Waals surface area contributed by atoms with Crippen molar-refractivity contribution in [2.45, 2.75) is 31.6 Å². The van der Waals surface area contributed by atoms with Crippen LogP contribution < -0.4 is 10.1 Å². The van der Waals surface area contributed by atoms with Gasteiger partial charge in [0.2, 0.25) is 15.9 Å². The minimum Gasteiger partial charge on any atom is -0.482 e. The Kier molecular flexibility index (Phi) is 5.43. The van der Waals surface area contributed by atoms with E-state index in [9.17, 15) is 18.0 Å². The van der Waals surface area contributed by atoms with Crippen LogP contribution in [0, 0.1) is 12.8 Å². The van der Waals surface area contributed by atoms with E-state index >= 15 is 0 Å². The predicted octanol–water partition coefficient (Wildman–Crippen LogP) is 1.20. The number of anilines is 1. The lowest BCUT2D eigenvalue weighted by atomic mass is 10.0. The molecule has 2 aliphatic heterocycles. The largest absolute Gasteiger partial charge is 0.482 e. The van der Waals surface area contributed by atoms with Crippen molar-refractivity contribution < 1.29 is 22.7 Å². The normalized spacial score (nSPS) is 20.1. The molecular weight excluding hydrogens is 370 g/mol. The van der Waals surface area contributed by atoms with E-state index in [1.165, 1.54) is 13.1 Å². The molecule has 0 bridgehead atoms. The molecule has 1 N–H and O–H groups in total. The molecule has 1 aromatic rings. The van der Waals surface area contributed by atoms with Crippen molar-refractivity contribution in [1.82, 2.24) is 9.21 Å². The van der Waals surface area contributed by atoms with E-state index in [2.05, 4.69) is 12.2 Å². The first-order valence-corrected chi connectivity index (χ1v) is 10.4. The van der Waals surface area contributed by atoms with E-state index in [1.54, 1.807) is 17.9 Å². The van der Waals surface area contributed by atoms with Gasteiger partial charge >= 0.3 is 0 Å². The first kappa shape index (κ1) is 19.6. The summed E-state index contributed by atoms with van der Waals surface area (Å²) in [6, 6.07) is 2.98. The minimum atomic E-state index is -3.87. The van der Waals surface area contributed by atoms with Gasteiger partial charge in [-0.3, -0.25) is 9.59 Å². The number of carbonyl (C=O) groups excluding carboxylic acids is 2. The molecule has 0 unspecified atom stereocenters. The topological polar surface area (TPSA) is 96.0 Å². The van der Waals surface area contributed by atoms with Crippen LogP contribution in [0.2, 0.25) is 0 Å². The number of piperidine rings is 1. The molecule has 0 radical (unpaired) electrons. The molecular formula is C18H25N3O5S. The number of nitrogens with one attached hydrogen (secondary N) is 1. The van der Waals surface area contributed by atoms with Crippen LogP contribution >= 0.6 is 0 Å². The fourth-order valence-electron chi connectivity index (χ4n) is 3.45. The summed E-state index contributed by atoms with van der Waals surface area (Å²) in [7, 11) is -2.47. The van der Waals surface area contributed by atoms with Crippen LogP contribution in [-0.4, -0.2) is 62.7 Å². The number of fused-ring (bicyclic) bond motifs is 1. The van der Waals surface area contributed by atoms with Crippen LogP contribution in [0.5, 0.6) is 5.75 Å². The van der Waals surface area contributed by atoms with Crippen molar-refractivity contribution in [1.29, 1.82) is 0 Å². The highest BCUT2D eigenvalue weighted by molar-refractivity contribution is 7.89. The number of nitrogens with zero attached hydrogens (tertiary/aromatic N) is 2. The van der Waals surface area contributed by atoms with Gasteiger partial charge in [-0.15, -0.1) is 0 Å². The molecule has 2 aliphatic rings. The molecule has 0 aromatic heterocycles. The monoisotopic (exact) mass is 395 g/mol. The molecule has 27 heavy (non-hydrogen) atoms. The van der Waals surface area contributed by atoms with Gasteiger partial charge in [-0.1, -0.05) is 6.92 Å². The zero-order chi connectivity index (χ0) is 19.8. The maximum Gasteiger partial charge on any atom is 0.262 e. The molecule has 3 rings (SSSR count). The molecule has 2 heterocycles. The summed E-state index contributed by atoms with van der Waals surface area (Å²) in [6.07, 6.45) is 2.03. The lowest BCUT2D eigenvalue weighted by Crippen LogP contribution is -2.45. The zero-order valence-corrected chi connectivity index (χ0v) is 16.6. The number of hydrogen-bond acceptors (Lipinski definition) is 5. The number of aryl methyl sites for hydroxylation is 1. The third-order valence-electron chi connectivity index (χ3n) is 4.97. The maximum atomic E-state index is 13.0. The minimum absolute atomic E-state index is 0.0692. The van der Waals surface area contributed by atoms with E-state index < -0.39 is 10.0 Å². The number of likely N-dealkylation sites (tertiary alicyclic amines) is 1. The molecule has 1 atom stereocenters. The third kappa shape index (κ3) is 4.08. The number of hydrogen-bond donors (Lipinski definition) is 1. The summed E-state index contributed by atoms with van der Waals surface area (Å²) < 4.78 is 32.4. The predicted molar refractivity (Wildman–Crippen MR) is 100 cm³/mol. The number of rotatable bonds is 4. The number of amides is 2. The van der Waals surface area contributed by atoms with Crippen molar-refractivity contribution in [3.05, 3.63) is 17.7 Å². The molecule has 9 heteroatoms. The summed E-state index contributed by atoms with van der Waals surface area (Å²) in [5, 5.41) is 2.65. The van der Waals surface area contributed by atoms with Crippen LogP contribution in [0.1, 0.15) is 25.3 Å². The molecule has 0 spiro atoms. The second-order valence-corrected chi connectivity index (χ2v) is 9.31. The molecule has 1 fully saturated rings. The smallest absolute Gasteiger partial charge is 0.262 e. The van der Waals surface area contributed by atoms with Gasteiger partial charge in [0.15, 0.2) is 6.61 Å². The van der Waals surface area contributed by atoms with Crippen LogP contribution in [0.25, 0.3) is 0 Å². The van der Waals surface area contributed by atoms with E-state index in [0.717, 1.165) is 17.1 Å². The number of sulfonamides is 1. The number of ether oxygens (including phenoxy) is 1. The summed E-state index contributed by atoms with van der Waals surface area (Å²) in [5.74, 6) is 0.269. The summed E-state index contributed by atoms with van der Waals surface area (Å²) in [4.78, 5) is 25.8. The van der Waals surface area contributed by atoms with Crippen LogP contribution in [0.15, 0.2) is 17.0 Å². The van der Waals surface area contributed by atoms with E-state index in [-0.39, 0.29) is 29.9 Å². The fourth-order valence-corrected chi connectivity index (χ4v) is 4.79. The Hall–Kier alpha value is -2.13. The summed E-state index contributed by atoms with van der Waals surface area (Å²) in [5.41, 5.74) is 0.925.